The second kappa shape index (κ2) is 8.60. The highest BCUT2D eigenvalue weighted by Gasteiger charge is 1.92. The highest BCUT2D eigenvalue weighted by molar-refractivity contribution is 5.77. The summed E-state index contributed by atoms with van der Waals surface area (Å²) in [6.45, 7) is 0. The highest BCUT2D eigenvalue weighted by Crippen LogP contribution is 2.10. The fourth-order valence-corrected chi connectivity index (χ4v) is 2.62. The maximum Gasteiger partial charge on any atom is 0.181 e. The van der Waals surface area contributed by atoms with Crippen LogP contribution in [-0.4, -0.2) is 15.0 Å². The Bertz CT molecular complexity index is 1100. The number of aromatic nitrogens is 3. The van der Waals surface area contributed by atoms with E-state index in [9.17, 15) is 0 Å². The summed E-state index contributed by atoms with van der Waals surface area (Å²) in [7, 11) is 0. The summed E-state index contributed by atoms with van der Waals surface area (Å²) in [6, 6.07) is 27.4. The van der Waals surface area contributed by atoms with Crippen molar-refractivity contribution in [2.75, 3.05) is 0 Å². The lowest BCUT2D eigenvalue weighted by molar-refractivity contribution is 0.602. The summed E-state index contributed by atoms with van der Waals surface area (Å²) in [5, 5.41) is 1.20. The molecule has 5 nitrogen and oxygen atoms in total. The summed E-state index contributed by atoms with van der Waals surface area (Å²) in [6.07, 6.45) is 4.71. The number of rotatable bonds is 0. The zero-order valence-corrected chi connectivity index (χ0v) is 15.0. The molecule has 0 saturated heterocycles. The van der Waals surface area contributed by atoms with Gasteiger partial charge in [-0.1, -0.05) is 48.5 Å². The fraction of sp³-hybridized carbons (Fsp3) is 0. The molecule has 0 amide bonds. The van der Waals surface area contributed by atoms with Crippen LogP contribution in [-0.2, 0) is 0 Å². The molecule has 6 aromatic rings. The molecule has 0 spiro atoms. The average Bonchev–Trinajstić information content (AvgIpc) is 3.44. The zero-order chi connectivity index (χ0) is 19.0. The molecule has 0 radical (unpaired) electrons. The normalized spacial score (nSPS) is 10.1. The summed E-state index contributed by atoms with van der Waals surface area (Å²) >= 11 is 0. The number of oxazole rings is 2. The van der Waals surface area contributed by atoms with Gasteiger partial charge < -0.3 is 8.83 Å². The van der Waals surface area contributed by atoms with E-state index in [1.54, 1.807) is 0 Å². The fourth-order valence-electron chi connectivity index (χ4n) is 2.62. The van der Waals surface area contributed by atoms with Crippen molar-refractivity contribution >= 4 is 33.1 Å². The van der Waals surface area contributed by atoms with Gasteiger partial charge in [-0.3, -0.25) is 4.98 Å². The lowest BCUT2D eigenvalue weighted by Crippen LogP contribution is -1.73. The number of nitrogens with zero attached hydrogens (tertiary/aromatic N) is 3. The van der Waals surface area contributed by atoms with Crippen LogP contribution in [0.1, 0.15) is 0 Å². The van der Waals surface area contributed by atoms with Crippen molar-refractivity contribution in [1.82, 2.24) is 15.0 Å². The van der Waals surface area contributed by atoms with E-state index < -0.39 is 0 Å². The molecule has 5 heteroatoms. The Kier molecular flexibility index (Phi) is 5.35. The molecule has 28 heavy (non-hydrogen) atoms. The monoisotopic (exact) mass is 367 g/mol. The van der Waals surface area contributed by atoms with Gasteiger partial charge in [-0.05, 0) is 36.4 Å². The van der Waals surface area contributed by atoms with Crippen molar-refractivity contribution in [2.45, 2.75) is 0 Å². The van der Waals surface area contributed by atoms with Crippen LogP contribution in [0.4, 0.5) is 0 Å². The van der Waals surface area contributed by atoms with Gasteiger partial charge in [0.1, 0.15) is 11.0 Å². The van der Waals surface area contributed by atoms with Crippen LogP contribution in [0.5, 0.6) is 0 Å². The molecule has 0 aliphatic heterocycles. The Labute approximate surface area is 161 Å². The van der Waals surface area contributed by atoms with Gasteiger partial charge in [-0.15, -0.1) is 0 Å². The lowest BCUT2D eigenvalue weighted by Gasteiger charge is -1.91. The first-order chi connectivity index (χ1) is 13.9. The molecular formula is C23H17N3O2. The number of pyridine rings is 1. The van der Waals surface area contributed by atoms with E-state index in [0.717, 1.165) is 27.7 Å². The van der Waals surface area contributed by atoms with Gasteiger partial charge in [0.2, 0.25) is 0 Å². The lowest BCUT2D eigenvalue weighted by atomic mass is 10.2. The van der Waals surface area contributed by atoms with Crippen LogP contribution < -0.4 is 0 Å². The molecule has 3 aromatic heterocycles. The largest absolute Gasteiger partial charge is 0.443 e. The third-order valence-electron chi connectivity index (χ3n) is 3.99. The van der Waals surface area contributed by atoms with Crippen molar-refractivity contribution < 1.29 is 8.83 Å². The van der Waals surface area contributed by atoms with Gasteiger partial charge in [0.05, 0.1) is 5.52 Å². The zero-order valence-electron chi connectivity index (χ0n) is 15.0. The smallest absolute Gasteiger partial charge is 0.181 e. The van der Waals surface area contributed by atoms with Crippen molar-refractivity contribution in [3.05, 3.63) is 104 Å². The summed E-state index contributed by atoms with van der Waals surface area (Å²) in [5.74, 6) is 0. The molecular weight excluding hydrogens is 350 g/mol. The van der Waals surface area contributed by atoms with E-state index >= 15 is 0 Å². The van der Waals surface area contributed by atoms with Gasteiger partial charge in [-0.2, -0.15) is 0 Å². The molecule has 0 aliphatic carbocycles. The maximum atomic E-state index is 5.01. The predicted molar refractivity (Wildman–Crippen MR) is 110 cm³/mol. The molecule has 6 rings (SSSR count). The van der Waals surface area contributed by atoms with Crippen molar-refractivity contribution in [1.29, 1.82) is 0 Å². The van der Waals surface area contributed by atoms with Crippen LogP contribution in [0.25, 0.3) is 33.1 Å². The summed E-state index contributed by atoms with van der Waals surface area (Å²) in [4.78, 5) is 12.1. The van der Waals surface area contributed by atoms with E-state index in [2.05, 4.69) is 27.1 Å². The van der Waals surface area contributed by atoms with Crippen molar-refractivity contribution in [2.24, 2.45) is 0 Å². The molecule has 3 heterocycles. The third-order valence-corrected chi connectivity index (χ3v) is 3.99. The maximum absolute atomic E-state index is 5.01. The van der Waals surface area contributed by atoms with Crippen LogP contribution in [0.3, 0.4) is 0 Å². The quantitative estimate of drug-likeness (QED) is 0.335. The van der Waals surface area contributed by atoms with Crippen LogP contribution in [0.2, 0.25) is 0 Å². The summed E-state index contributed by atoms with van der Waals surface area (Å²) in [5.41, 5.74) is 4.58. The molecule has 0 unspecified atom stereocenters. The first-order valence-electron chi connectivity index (χ1n) is 8.76. The highest BCUT2D eigenvalue weighted by atomic mass is 16.3. The SMILES string of the molecule is c1ccc2ncccc2c1.c1ccc2ocnc2c1.c1ccc2ocnc2c1. The Morgan fingerprint density at radius 2 is 0.964 bits per heavy atom. The minimum absolute atomic E-state index is 0.845. The van der Waals surface area contributed by atoms with E-state index in [1.165, 1.54) is 18.2 Å². The molecule has 3 aromatic carbocycles. The molecule has 136 valence electrons. The van der Waals surface area contributed by atoms with Gasteiger partial charge in [0.15, 0.2) is 24.0 Å². The van der Waals surface area contributed by atoms with Crippen molar-refractivity contribution in [3.63, 3.8) is 0 Å². The first-order valence-corrected chi connectivity index (χ1v) is 8.76. The van der Waals surface area contributed by atoms with E-state index in [4.69, 9.17) is 8.83 Å². The topological polar surface area (TPSA) is 65.0 Å². The van der Waals surface area contributed by atoms with Gasteiger partial charge in [0, 0.05) is 11.6 Å². The molecule has 0 saturated carbocycles. The second-order valence-corrected chi connectivity index (χ2v) is 5.84. The molecule has 0 atom stereocenters. The van der Waals surface area contributed by atoms with Crippen molar-refractivity contribution in [3.8, 4) is 0 Å². The number of benzene rings is 3. The molecule has 0 fully saturated rings. The minimum Gasteiger partial charge on any atom is -0.443 e. The van der Waals surface area contributed by atoms with E-state index in [0.29, 0.717) is 0 Å². The summed E-state index contributed by atoms with van der Waals surface area (Å²) < 4.78 is 10.0. The average molecular weight is 367 g/mol. The van der Waals surface area contributed by atoms with E-state index in [-0.39, 0.29) is 0 Å². The number of para-hydroxylation sites is 5. The van der Waals surface area contributed by atoms with Gasteiger partial charge in [-0.25, -0.2) is 9.97 Å². The Morgan fingerprint density at radius 3 is 1.54 bits per heavy atom. The Hall–Kier alpha value is -3.99. The van der Waals surface area contributed by atoms with Gasteiger partial charge >= 0.3 is 0 Å². The Morgan fingerprint density at radius 1 is 0.464 bits per heavy atom. The number of hydrogen-bond acceptors (Lipinski definition) is 5. The second-order valence-electron chi connectivity index (χ2n) is 5.84. The standard InChI is InChI=1S/C9H7N.2C7H5NO/c1-2-6-9-8(4-1)5-3-7-10-9;2*1-2-4-7-6(3-1)8-5-9-7/h1-7H;2*1-5H. The van der Waals surface area contributed by atoms with Crippen LogP contribution in [0.15, 0.2) is 113 Å². The molecule has 0 bridgehead atoms. The van der Waals surface area contributed by atoms with Gasteiger partial charge in [0.25, 0.3) is 0 Å². The van der Waals surface area contributed by atoms with Crippen LogP contribution in [0, 0.1) is 0 Å². The third kappa shape index (κ3) is 4.22. The minimum atomic E-state index is 0.845. The van der Waals surface area contributed by atoms with E-state index in [1.807, 2.05) is 79.0 Å². The molecule has 0 aliphatic rings. The first kappa shape index (κ1) is 17.4. The predicted octanol–water partition coefficient (Wildman–Crippen LogP) is 5.89. The Balaban J connectivity index is 0.000000103. The number of fused-ring (bicyclic) bond motifs is 3. The molecule has 0 N–H and O–H groups in total. The van der Waals surface area contributed by atoms with Crippen LogP contribution >= 0.6 is 0 Å². The number of hydrogen-bond donors (Lipinski definition) is 0.